The molecule has 0 N–H and O–H groups in total. The van der Waals surface area contributed by atoms with E-state index in [4.69, 9.17) is 13.3 Å². The Bertz CT molecular complexity index is 1150. The van der Waals surface area contributed by atoms with Crippen molar-refractivity contribution in [3.8, 4) is 0 Å². The van der Waals surface area contributed by atoms with Crippen LogP contribution in [0, 0.1) is 0 Å². The van der Waals surface area contributed by atoms with Crippen molar-refractivity contribution in [2.75, 3.05) is 6.61 Å². The number of carbonyl (C=O) groups excluding carboxylic acids is 1. The fourth-order valence-corrected chi connectivity index (χ4v) is 13.6. The van der Waals surface area contributed by atoms with Crippen molar-refractivity contribution in [1.29, 1.82) is 0 Å². The Labute approximate surface area is 299 Å². The number of unbranched alkanes of at least 4 members (excludes halogenated alkanes) is 2. The summed E-state index contributed by atoms with van der Waals surface area (Å²) < 4.78 is 21.2. The molecule has 0 radical (unpaired) electrons. The van der Waals surface area contributed by atoms with E-state index in [1.165, 1.54) is 10.4 Å². The van der Waals surface area contributed by atoms with Crippen molar-refractivity contribution in [3.63, 3.8) is 0 Å². The highest BCUT2D eigenvalue weighted by atomic mass is 28.4. The average molecular weight is 713 g/mol. The summed E-state index contributed by atoms with van der Waals surface area (Å²) in [6, 6.07) is 21.9. The fourth-order valence-electron chi connectivity index (χ4n) is 6.17. The van der Waals surface area contributed by atoms with Gasteiger partial charge >= 0.3 is 0 Å². The largest absolute Gasteiger partial charge is 0.414 e. The molecule has 0 bridgehead atoms. The molecule has 0 saturated heterocycles. The third-order valence-electron chi connectivity index (χ3n) is 11.1. The molecule has 0 saturated carbocycles. The van der Waals surface area contributed by atoms with E-state index in [0.717, 1.165) is 64.3 Å². The molecule has 2 rings (SSSR count). The molecule has 2 aromatic rings. The van der Waals surface area contributed by atoms with Crippen LogP contribution in [0.15, 0.2) is 60.7 Å². The van der Waals surface area contributed by atoms with Gasteiger partial charge in [-0.1, -0.05) is 123 Å². The number of benzene rings is 2. The van der Waals surface area contributed by atoms with Crippen LogP contribution in [0.1, 0.15) is 120 Å². The number of carbonyl (C=O) groups is 1. The zero-order chi connectivity index (χ0) is 36.3. The topological polar surface area (TPSA) is 44.8 Å². The van der Waals surface area contributed by atoms with Crippen LogP contribution >= 0.6 is 0 Å². The number of hydrogen-bond donors (Lipinski definition) is 0. The maximum Gasteiger partial charge on any atom is 0.261 e. The van der Waals surface area contributed by atoms with E-state index in [1.54, 1.807) is 0 Å². The molecule has 0 aliphatic carbocycles. The summed E-state index contributed by atoms with van der Waals surface area (Å²) in [5.41, 5.74) is 0. The third-order valence-corrected chi connectivity index (χ3v) is 25.2. The molecule has 2 atom stereocenters. The first-order valence-electron chi connectivity index (χ1n) is 18.7. The van der Waals surface area contributed by atoms with Crippen LogP contribution in [0.4, 0.5) is 0 Å². The zero-order valence-electron chi connectivity index (χ0n) is 33.2. The highest BCUT2D eigenvalue weighted by Gasteiger charge is 2.50. The maximum absolute atomic E-state index is 11.1. The molecule has 0 amide bonds. The van der Waals surface area contributed by atoms with Crippen LogP contribution in [0.5, 0.6) is 0 Å². The van der Waals surface area contributed by atoms with Crippen LogP contribution in [0.25, 0.3) is 0 Å². The van der Waals surface area contributed by atoms with Crippen LogP contribution < -0.4 is 10.4 Å². The first-order chi connectivity index (χ1) is 22.2. The number of hydrogen-bond acceptors (Lipinski definition) is 4. The quantitative estimate of drug-likeness (QED) is 0.0779. The van der Waals surface area contributed by atoms with Gasteiger partial charge in [0.2, 0.25) is 0 Å². The lowest BCUT2D eigenvalue weighted by Crippen LogP contribution is -2.66. The number of aldehydes is 1. The van der Waals surface area contributed by atoms with Crippen LogP contribution in [0.3, 0.4) is 0 Å². The smallest absolute Gasteiger partial charge is 0.261 e. The van der Waals surface area contributed by atoms with Crippen molar-refractivity contribution < 1.29 is 18.1 Å². The van der Waals surface area contributed by atoms with Gasteiger partial charge < -0.3 is 18.1 Å². The lowest BCUT2D eigenvalue weighted by atomic mass is 10.0. The van der Waals surface area contributed by atoms with Crippen LogP contribution in [-0.4, -0.2) is 50.1 Å². The summed E-state index contributed by atoms with van der Waals surface area (Å²) in [6.07, 6.45) is 10.3. The fraction of sp³-hybridized carbons (Fsp3) is 0.683. The third kappa shape index (κ3) is 12.2. The van der Waals surface area contributed by atoms with E-state index in [1.807, 2.05) is 0 Å². The van der Waals surface area contributed by atoms with Gasteiger partial charge in [0.25, 0.3) is 8.32 Å². The monoisotopic (exact) mass is 712 g/mol. The molecule has 4 nitrogen and oxygen atoms in total. The molecule has 0 fully saturated rings. The molecule has 0 aliphatic rings. The molecule has 0 aliphatic heterocycles. The molecule has 2 aromatic carbocycles. The maximum atomic E-state index is 11.1. The van der Waals surface area contributed by atoms with Gasteiger partial charge in [0.15, 0.2) is 16.6 Å². The molecular formula is C41H72O4Si3. The van der Waals surface area contributed by atoms with Gasteiger partial charge in [-0.15, -0.1) is 0 Å². The van der Waals surface area contributed by atoms with Gasteiger partial charge in [0.05, 0.1) is 0 Å². The van der Waals surface area contributed by atoms with Crippen molar-refractivity contribution in [2.45, 2.75) is 174 Å². The van der Waals surface area contributed by atoms with E-state index in [2.05, 4.69) is 149 Å². The second-order valence-corrected chi connectivity index (χ2v) is 31.9. The molecule has 48 heavy (non-hydrogen) atoms. The molecule has 7 heteroatoms. The van der Waals surface area contributed by atoms with Gasteiger partial charge in [-0.3, -0.25) is 0 Å². The molecule has 0 aromatic heterocycles. The van der Waals surface area contributed by atoms with Gasteiger partial charge in [0.1, 0.15) is 6.29 Å². The van der Waals surface area contributed by atoms with E-state index < -0.39 is 25.0 Å². The molecule has 0 spiro atoms. The summed E-state index contributed by atoms with van der Waals surface area (Å²) in [4.78, 5) is 11.1. The summed E-state index contributed by atoms with van der Waals surface area (Å²) >= 11 is 0. The van der Waals surface area contributed by atoms with Gasteiger partial charge in [-0.2, -0.15) is 0 Å². The van der Waals surface area contributed by atoms with Crippen molar-refractivity contribution in [3.05, 3.63) is 60.7 Å². The predicted octanol–water partition coefficient (Wildman–Crippen LogP) is 11.1. The average Bonchev–Trinajstić information content (AvgIpc) is 2.97. The van der Waals surface area contributed by atoms with Gasteiger partial charge in [-0.25, -0.2) is 0 Å². The summed E-state index contributed by atoms with van der Waals surface area (Å²) in [6.45, 7) is 31.2. The lowest BCUT2D eigenvalue weighted by Gasteiger charge is -2.43. The summed E-state index contributed by atoms with van der Waals surface area (Å²) in [5, 5.41) is 3.00. The Kier molecular flexibility index (Phi) is 16.3. The SMILES string of the molecule is CC(C)(C)[Si](C)(C)O[C@H](CCCC=O)CCC[C@H](CCCCO[Si](c1ccccc1)(c1ccccc1)C(C)(C)C)O[Si](C)(C)C(C)(C)C. The van der Waals surface area contributed by atoms with E-state index in [-0.39, 0.29) is 27.3 Å². The normalized spacial score (nSPS) is 14.9. The van der Waals surface area contributed by atoms with Crippen molar-refractivity contribution in [1.82, 2.24) is 0 Å². The second kappa shape index (κ2) is 18.2. The van der Waals surface area contributed by atoms with Gasteiger partial charge in [0, 0.05) is 25.2 Å². The molecule has 0 unspecified atom stereocenters. The minimum Gasteiger partial charge on any atom is -0.414 e. The second-order valence-electron chi connectivity index (χ2n) is 18.0. The van der Waals surface area contributed by atoms with E-state index in [0.29, 0.717) is 6.42 Å². The van der Waals surface area contributed by atoms with Crippen molar-refractivity contribution >= 4 is 41.6 Å². The predicted molar refractivity (Wildman–Crippen MR) is 215 cm³/mol. The van der Waals surface area contributed by atoms with Crippen LogP contribution in [0.2, 0.25) is 41.3 Å². The van der Waals surface area contributed by atoms with E-state index >= 15 is 0 Å². The van der Waals surface area contributed by atoms with Crippen LogP contribution in [-0.2, 0) is 18.1 Å². The Morgan fingerprint density at radius 2 is 0.958 bits per heavy atom. The Morgan fingerprint density at radius 3 is 1.33 bits per heavy atom. The first-order valence-corrected chi connectivity index (χ1v) is 26.4. The Morgan fingerprint density at radius 1 is 0.562 bits per heavy atom. The summed E-state index contributed by atoms with van der Waals surface area (Å²) in [5.74, 6) is 0. The minimum atomic E-state index is -2.53. The van der Waals surface area contributed by atoms with Crippen molar-refractivity contribution in [2.24, 2.45) is 0 Å². The molecular weight excluding hydrogens is 641 g/mol. The molecule has 0 heterocycles. The first kappa shape index (κ1) is 42.8. The highest BCUT2D eigenvalue weighted by Crippen LogP contribution is 2.40. The minimum absolute atomic E-state index is 0.0154. The van der Waals surface area contributed by atoms with E-state index in [9.17, 15) is 4.79 Å². The standard InChI is InChI=1S/C41H72O4Si3/c1-39(2,3)46(10,11)44-35(25-20-22-33-42)27-24-28-36(45-47(12,13)40(4,5)6)26-21-23-34-43-48(41(7,8)9,37-29-16-14-17-30-37)38-31-18-15-19-32-38/h14-19,29-33,35-36H,20-28,34H2,1-13H3/t35-,36+/m1/s1. The highest BCUT2D eigenvalue weighted by molar-refractivity contribution is 6.99. The Balaban J connectivity index is 2.17. The Hall–Kier alpha value is -1.36. The lowest BCUT2D eigenvalue weighted by molar-refractivity contribution is -0.108. The number of rotatable bonds is 20. The molecule has 272 valence electrons. The van der Waals surface area contributed by atoms with Gasteiger partial charge in [-0.05, 0) is 103 Å². The zero-order valence-corrected chi connectivity index (χ0v) is 36.2. The summed E-state index contributed by atoms with van der Waals surface area (Å²) in [7, 11) is -6.36.